The summed E-state index contributed by atoms with van der Waals surface area (Å²) in [5, 5.41) is 11.7. The lowest BCUT2D eigenvalue weighted by Crippen LogP contribution is -2.52. The molecule has 0 heterocycles. The van der Waals surface area contributed by atoms with Gasteiger partial charge in [-0.15, -0.1) is 0 Å². The Morgan fingerprint density at radius 3 is 2.17 bits per heavy atom. The normalized spacial score (nSPS) is 33.7. The molecule has 0 aliphatic heterocycles. The second kappa shape index (κ2) is 8.71. The lowest BCUT2D eigenvalue weighted by atomic mass is 9.55. The van der Waals surface area contributed by atoms with Gasteiger partial charge >= 0.3 is 0 Å². The summed E-state index contributed by atoms with van der Waals surface area (Å²) in [7, 11) is -3.79. The Bertz CT molecular complexity index is 942. The van der Waals surface area contributed by atoms with Gasteiger partial charge in [-0.05, 0) is 115 Å². The maximum Gasteiger partial charge on any atom is 0.250 e. The van der Waals surface area contributed by atoms with Crippen LogP contribution < -0.4 is 4.43 Å². The second-order valence-electron chi connectivity index (χ2n) is 15.3. The van der Waals surface area contributed by atoms with Gasteiger partial charge in [0.25, 0.3) is 0 Å². The molecule has 198 valence electrons. The van der Waals surface area contributed by atoms with E-state index >= 15 is 0 Å². The van der Waals surface area contributed by atoms with E-state index in [1.165, 1.54) is 18.4 Å². The third-order valence-corrected chi connectivity index (χ3v) is 19.9. The van der Waals surface area contributed by atoms with Crippen LogP contribution in [0.15, 0.2) is 18.2 Å². The third kappa shape index (κ3) is 4.73. The minimum atomic E-state index is -1.95. The Balaban J connectivity index is 1.56. The Morgan fingerprint density at radius 1 is 0.943 bits per heavy atom. The van der Waals surface area contributed by atoms with E-state index in [1.54, 1.807) is 5.56 Å². The van der Waals surface area contributed by atoms with E-state index in [9.17, 15) is 5.11 Å². The Labute approximate surface area is 217 Å². The van der Waals surface area contributed by atoms with E-state index in [2.05, 4.69) is 92.9 Å². The fraction of sp³-hybridized carbons (Fsp3) is 0.800. The molecule has 1 aromatic carbocycles. The van der Waals surface area contributed by atoms with Crippen LogP contribution in [-0.4, -0.2) is 33.9 Å². The van der Waals surface area contributed by atoms with Gasteiger partial charge in [-0.25, -0.2) is 0 Å². The van der Waals surface area contributed by atoms with Gasteiger partial charge in [-0.3, -0.25) is 0 Å². The van der Waals surface area contributed by atoms with Crippen LogP contribution in [0.1, 0.15) is 91.2 Å². The quantitative estimate of drug-likeness (QED) is 0.409. The third-order valence-electron chi connectivity index (χ3n) is 11.0. The van der Waals surface area contributed by atoms with Crippen molar-refractivity contribution >= 4 is 16.6 Å². The number of hydrogen-bond donors (Lipinski definition) is 1. The molecular formula is C30H52O3Si2. The zero-order valence-corrected chi connectivity index (χ0v) is 26.4. The molecule has 0 saturated heterocycles. The van der Waals surface area contributed by atoms with Crippen LogP contribution in [0.3, 0.4) is 0 Å². The monoisotopic (exact) mass is 516 g/mol. The average molecular weight is 517 g/mol. The summed E-state index contributed by atoms with van der Waals surface area (Å²) < 4.78 is 13.6. The number of fused-ring (bicyclic) bond motifs is 5. The van der Waals surface area contributed by atoms with Crippen molar-refractivity contribution in [3.8, 4) is 5.75 Å². The predicted molar refractivity (Wildman–Crippen MR) is 152 cm³/mol. The van der Waals surface area contributed by atoms with E-state index in [0.717, 1.165) is 25.0 Å². The fourth-order valence-corrected chi connectivity index (χ4v) is 9.18. The first-order valence-corrected chi connectivity index (χ1v) is 19.9. The van der Waals surface area contributed by atoms with Gasteiger partial charge in [-0.2, -0.15) is 0 Å². The molecule has 0 spiro atoms. The number of aryl methyl sites for hydroxylation is 1. The van der Waals surface area contributed by atoms with Crippen LogP contribution in [-0.2, 0) is 10.8 Å². The van der Waals surface area contributed by atoms with Crippen molar-refractivity contribution in [3.05, 3.63) is 29.3 Å². The second-order valence-corrected chi connectivity index (χ2v) is 24.8. The highest BCUT2D eigenvalue weighted by Crippen LogP contribution is 2.62. The molecular weight excluding hydrogens is 464 g/mol. The lowest BCUT2D eigenvalue weighted by Gasteiger charge is -2.52. The zero-order chi connectivity index (χ0) is 26.2. The molecule has 2 fully saturated rings. The maximum absolute atomic E-state index is 11.3. The molecule has 0 unspecified atom stereocenters. The molecule has 35 heavy (non-hydrogen) atoms. The van der Waals surface area contributed by atoms with Gasteiger partial charge in [0, 0.05) is 0 Å². The number of hydrogen-bond acceptors (Lipinski definition) is 3. The first kappa shape index (κ1) is 27.4. The van der Waals surface area contributed by atoms with Crippen molar-refractivity contribution in [2.24, 2.45) is 17.3 Å². The zero-order valence-electron chi connectivity index (χ0n) is 24.4. The van der Waals surface area contributed by atoms with Gasteiger partial charge < -0.3 is 14.0 Å². The number of benzene rings is 1. The van der Waals surface area contributed by atoms with Crippen LogP contribution in [0.25, 0.3) is 0 Å². The maximum atomic E-state index is 11.3. The first-order chi connectivity index (χ1) is 15.9. The van der Waals surface area contributed by atoms with Crippen molar-refractivity contribution in [1.29, 1.82) is 0 Å². The van der Waals surface area contributed by atoms with Crippen LogP contribution >= 0.6 is 0 Å². The molecule has 0 amide bonds. The van der Waals surface area contributed by atoms with Crippen LogP contribution in [0.2, 0.25) is 36.3 Å². The van der Waals surface area contributed by atoms with E-state index in [4.69, 9.17) is 8.85 Å². The topological polar surface area (TPSA) is 38.7 Å². The summed E-state index contributed by atoms with van der Waals surface area (Å²) in [6.07, 6.45) is 5.26. The van der Waals surface area contributed by atoms with Gasteiger partial charge in [0.1, 0.15) is 5.75 Å². The summed E-state index contributed by atoms with van der Waals surface area (Å²) in [5.41, 5.74) is 3.13. The SMILES string of the molecule is CC(C)(C)[Si](C)(C)Oc1ccc2c(c1)CC[C@@H]1[C@@H]2CC[C@@]2(C)[C@H]1C[C@@H](O)[C@@H]2O[Si](C)(C)C(C)(C)C. The minimum Gasteiger partial charge on any atom is -0.543 e. The highest BCUT2D eigenvalue weighted by Gasteiger charge is 2.60. The molecule has 0 radical (unpaired) electrons. The smallest absolute Gasteiger partial charge is 0.250 e. The fourth-order valence-electron chi connectivity index (χ4n) is 6.75. The van der Waals surface area contributed by atoms with Gasteiger partial charge in [0.05, 0.1) is 12.2 Å². The van der Waals surface area contributed by atoms with Crippen LogP contribution in [0, 0.1) is 17.3 Å². The molecule has 3 nitrogen and oxygen atoms in total. The molecule has 0 aromatic heterocycles. The van der Waals surface area contributed by atoms with Crippen molar-refractivity contribution in [3.63, 3.8) is 0 Å². The summed E-state index contributed by atoms with van der Waals surface area (Å²) in [6, 6.07) is 6.97. The summed E-state index contributed by atoms with van der Waals surface area (Å²) in [6.45, 7) is 25.6. The molecule has 1 aromatic rings. The molecule has 3 aliphatic rings. The lowest BCUT2D eigenvalue weighted by molar-refractivity contribution is -0.0426. The Morgan fingerprint density at radius 2 is 1.57 bits per heavy atom. The Kier molecular flexibility index (Phi) is 6.82. The molecule has 5 heteroatoms. The van der Waals surface area contributed by atoms with Crippen LogP contribution in [0.4, 0.5) is 0 Å². The van der Waals surface area contributed by atoms with Crippen molar-refractivity contribution in [2.45, 2.75) is 135 Å². The van der Waals surface area contributed by atoms with E-state index in [0.29, 0.717) is 17.8 Å². The van der Waals surface area contributed by atoms with Crippen molar-refractivity contribution < 1.29 is 14.0 Å². The van der Waals surface area contributed by atoms with E-state index in [-0.39, 0.29) is 27.7 Å². The average Bonchev–Trinajstić information content (AvgIpc) is 2.96. The van der Waals surface area contributed by atoms with E-state index in [1.807, 2.05) is 0 Å². The van der Waals surface area contributed by atoms with Crippen LogP contribution in [0.5, 0.6) is 5.75 Å². The summed E-state index contributed by atoms with van der Waals surface area (Å²) >= 11 is 0. The summed E-state index contributed by atoms with van der Waals surface area (Å²) in [5.74, 6) is 2.87. The van der Waals surface area contributed by atoms with Gasteiger partial charge in [0.2, 0.25) is 8.32 Å². The largest absolute Gasteiger partial charge is 0.543 e. The standard InChI is InChI=1S/C30H52O3Si2/c1-28(2,3)34(8,9)32-21-13-15-22-20(18-21)12-14-24-23(22)16-17-30(7)25(24)19-26(31)27(30)33-35(10,11)29(4,5)6/h13,15,18,23-27,31H,12,14,16-17,19H2,1-11H3/t23-,24-,25+,26-,27+,30+/m1/s1. The first-order valence-electron chi connectivity index (χ1n) is 14.1. The highest BCUT2D eigenvalue weighted by molar-refractivity contribution is 6.75. The van der Waals surface area contributed by atoms with Gasteiger partial charge in [-0.1, -0.05) is 54.5 Å². The molecule has 0 bridgehead atoms. The molecule has 1 N–H and O–H groups in total. The summed E-state index contributed by atoms with van der Waals surface area (Å²) in [4.78, 5) is 0. The molecule has 3 aliphatic carbocycles. The number of rotatable bonds is 4. The number of aliphatic hydroxyl groups is 1. The van der Waals surface area contributed by atoms with Crippen molar-refractivity contribution in [1.82, 2.24) is 0 Å². The molecule has 2 saturated carbocycles. The van der Waals surface area contributed by atoms with Crippen molar-refractivity contribution in [2.75, 3.05) is 0 Å². The van der Waals surface area contributed by atoms with E-state index < -0.39 is 16.6 Å². The molecule has 4 rings (SSSR count). The number of aliphatic hydroxyl groups excluding tert-OH is 1. The van der Waals surface area contributed by atoms with Gasteiger partial charge in [0.15, 0.2) is 8.32 Å². The predicted octanol–water partition coefficient (Wildman–Crippen LogP) is 8.29. The molecule has 6 atom stereocenters. The highest BCUT2D eigenvalue weighted by atomic mass is 28.4. The minimum absolute atomic E-state index is 0.0175. The Hall–Kier alpha value is -0.626.